The minimum absolute atomic E-state index is 0.000582. The normalized spacial score (nSPS) is 20.8. The van der Waals surface area contributed by atoms with Gasteiger partial charge in [0.05, 0.1) is 30.4 Å². The zero-order valence-corrected chi connectivity index (χ0v) is 30.9. The number of benzene rings is 1. The standard InChI is InChI=1S/C32H47N5O10S2/c1-19-16-37(20(2)18-38)32(39)27-15-26(35-48(40,41)30-22(4)33-46-24(30)6)12-13-28(27)45-21(3)11-9-10-14-44-29(19)17-36(8)49(42,43)31-23(5)34-47-25(31)7/h12-13,15,19-21,29,35,38H,9-11,14,16-18H2,1-8H3/t19-,20+,21-,29+/m0/s1. The Kier molecular flexibility index (Phi) is 12.2. The highest BCUT2D eigenvalue weighted by Gasteiger charge is 2.35. The van der Waals surface area contributed by atoms with E-state index >= 15 is 0 Å². The third-order valence-corrected chi connectivity index (χ3v) is 12.3. The van der Waals surface area contributed by atoms with Gasteiger partial charge >= 0.3 is 0 Å². The van der Waals surface area contributed by atoms with Crippen LogP contribution in [-0.2, 0) is 24.8 Å². The van der Waals surface area contributed by atoms with E-state index in [1.165, 1.54) is 49.2 Å². The molecule has 0 radical (unpaired) electrons. The first-order valence-corrected chi connectivity index (χ1v) is 19.1. The number of hydrogen-bond donors (Lipinski definition) is 2. The van der Waals surface area contributed by atoms with Gasteiger partial charge < -0.3 is 28.5 Å². The van der Waals surface area contributed by atoms with Gasteiger partial charge in [0.2, 0.25) is 10.0 Å². The fourth-order valence-electron chi connectivity index (χ4n) is 5.86. The molecule has 272 valence electrons. The predicted octanol–water partition coefficient (Wildman–Crippen LogP) is 3.81. The zero-order valence-electron chi connectivity index (χ0n) is 29.2. The molecule has 0 unspecified atom stereocenters. The fourth-order valence-corrected chi connectivity index (χ4v) is 8.71. The number of ether oxygens (including phenoxy) is 2. The van der Waals surface area contributed by atoms with Crippen LogP contribution >= 0.6 is 0 Å². The van der Waals surface area contributed by atoms with Crippen LogP contribution in [0.5, 0.6) is 5.75 Å². The Morgan fingerprint density at radius 3 is 2.24 bits per heavy atom. The molecule has 2 N–H and O–H groups in total. The van der Waals surface area contributed by atoms with Crippen LogP contribution in [-0.4, -0.2) is 99.0 Å². The lowest BCUT2D eigenvalue weighted by Crippen LogP contribution is -2.48. The number of likely N-dealkylation sites (N-methyl/N-ethyl adjacent to an activating group) is 1. The summed E-state index contributed by atoms with van der Waals surface area (Å²) in [5, 5.41) is 17.8. The number of fused-ring (bicyclic) bond motifs is 1. The lowest BCUT2D eigenvalue weighted by Gasteiger charge is -2.35. The van der Waals surface area contributed by atoms with Crippen LogP contribution in [0.2, 0.25) is 0 Å². The van der Waals surface area contributed by atoms with E-state index in [9.17, 15) is 26.7 Å². The van der Waals surface area contributed by atoms with Crippen molar-refractivity contribution in [3.8, 4) is 5.75 Å². The van der Waals surface area contributed by atoms with E-state index in [1.807, 2.05) is 13.8 Å². The van der Waals surface area contributed by atoms with Crippen molar-refractivity contribution in [1.82, 2.24) is 19.5 Å². The minimum atomic E-state index is -4.12. The van der Waals surface area contributed by atoms with E-state index < -0.39 is 44.0 Å². The average molecular weight is 726 g/mol. The summed E-state index contributed by atoms with van der Waals surface area (Å²) in [6.07, 6.45) is 1.12. The Bertz CT molecular complexity index is 1800. The number of amides is 1. The number of carbonyl (C=O) groups is 1. The first-order valence-electron chi connectivity index (χ1n) is 16.2. The lowest BCUT2D eigenvalue weighted by molar-refractivity contribution is -0.00835. The smallest absolute Gasteiger partial charge is 0.267 e. The molecule has 17 heteroatoms. The Morgan fingerprint density at radius 1 is 1.02 bits per heavy atom. The van der Waals surface area contributed by atoms with Crippen molar-refractivity contribution in [2.45, 2.75) is 95.8 Å². The molecule has 4 atom stereocenters. The maximum absolute atomic E-state index is 14.4. The van der Waals surface area contributed by atoms with Gasteiger partial charge in [-0.3, -0.25) is 9.52 Å². The largest absolute Gasteiger partial charge is 0.490 e. The van der Waals surface area contributed by atoms with Crippen molar-refractivity contribution >= 4 is 31.6 Å². The molecule has 3 heterocycles. The summed E-state index contributed by atoms with van der Waals surface area (Å²) in [5.74, 6) is -0.360. The number of aliphatic hydroxyl groups excluding tert-OH is 1. The monoisotopic (exact) mass is 725 g/mol. The number of hydrogen-bond acceptors (Lipinski definition) is 12. The van der Waals surface area contributed by atoms with Gasteiger partial charge in [-0.1, -0.05) is 17.2 Å². The third kappa shape index (κ3) is 8.63. The summed E-state index contributed by atoms with van der Waals surface area (Å²) >= 11 is 0. The Balaban J connectivity index is 1.70. The van der Waals surface area contributed by atoms with Gasteiger partial charge in [-0.05, 0) is 79.0 Å². The van der Waals surface area contributed by atoms with Gasteiger partial charge in [0.1, 0.15) is 22.0 Å². The van der Waals surface area contributed by atoms with Gasteiger partial charge in [0.25, 0.3) is 15.9 Å². The van der Waals surface area contributed by atoms with Crippen LogP contribution < -0.4 is 9.46 Å². The van der Waals surface area contributed by atoms with Crippen molar-refractivity contribution in [3.63, 3.8) is 0 Å². The zero-order chi connectivity index (χ0) is 36.3. The number of nitrogens with one attached hydrogen (secondary N) is 1. The van der Waals surface area contributed by atoms with E-state index in [0.29, 0.717) is 19.4 Å². The van der Waals surface area contributed by atoms with Gasteiger partial charge in [-0.15, -0.1) is 0 Å². The second-order valence-corrected chi connectivity index (χ2v) is 16.3. The first-order chi connectivity index (χ1) is 23.0. The Labute approximate surface area is 288 Å². The molecule has 0 bridgehead atoms. The molecule has 1 amide bonds. The Hall–Kier alpha value is -3.51. The highest BCUT2D eigenvalue weighted by molar-refractivity contribution is 7.92. The van der Waals surface area contributed by atoms with E-state index in [0.717, 1.165) is 6.42 Å². The number of carbonyl (C=O) groups excluding carboxylic acids is 1. The molecule has 49 heavy (non-hydrogen) atoms. The van der Waals surface area contributed by atoms with E-state index in [4.69, 9.17) is 18.5 Å². The SMILES string of the molecule is Cc1noc(C)c1S(=O)(=O)Nc1ccc2c(c1)C(=O)N([C@H](C)CO)C[C@H](C)[C@@H](CN(C)S(=O)(=O)c1c(C)noc1C)OCCCC[C@H](C)O2. The molecule has 0 spiro atoms. The summed E-state index contributed by atoms with van der Waals surface area (Å²) in [5.41, 5.74) is 0.643. The van der Waals surface area contributed by atoms with Crippen LogP contribution in [0, 0.1) is 33.6 Å². The van der Waals surface area contributed by atoms with Crippen molar-refractivity contribution in [2.24, 2.45) is 5.92 Å². The van der Waals surface area contributed by atoms with E-state index in [1.54, 1.807) is 19.9 Å². The molecule has 2 aromatic heterocycles. The molecule has 15 nitrogen and oxygen atoms in total. The lowest BCUT2D eigenvalue weighted by atomic mass is 10.0. The van der Waals surface area contributed by atoms with Gasteiger partial charge in [-0.2, -0.15) is 4.31 Å². The summed E-state index contributed by atoms with van der Waals surface area (Å²) in [6.45, 7) is 11.6. The maximum atomic E-state index is 14.4. The van der Waals surface area contributed by atoms with Gasteiger partial charge in [0, 0.05) is 38.3 Å². The van der Waals surface area contributed by atoms with Crippen LogP contribution in [0.25, 0.3) is 0 Å². The van der Waals surface area contributed by atoms with Crippen molar-refractivity contribution in [2.75, 3.05) is 38.1 Å². The quantitative estimate of drug-likeness (QED) is 0.324. The second kappa shape index (κ2) is 15.6. The molecular formula is C32H47N5O10S2. The molecule has 1 aromatic carbocycles. The second-order valence-electron chi connectivity index (χ2n) is 12.7. The number of anilines is 1. The van der Waals surface area contributed by atoms with Crippen molar-refractivity contribution in [3.05, 3.63) is 46.7 Å². The minimum Gasteiger partial charge on any atom is -0.490 e. The predicted molar refractivity (Wildman–Crippen MR) is 179 cm³/mol. The molecule has 3 aromatic rings. The average Bonchev–Trinajstić information content (AvgIpc) is 3.57. The fraction of sp³-hybridized carbons (Fsp3) is 0.594. The van der Waals surface area contributed by atoms with Gasteiger partial charge in [0.15, 0.2) is 16.4 Å². The van der Waals surface area contributed by atoms with Crippen LogP contribution in [0.1, 0.15) is 73.3 Å². The molecular weight excluding hydrogens is 679 g/mol. The number of aryl methyl sites for hydroxylation is 4. The number of aromatic nitrogens is 2. The van der Waals surface area contributed by atoms with Crippen LogP contribution in [0.4, 0.5) is 5.69 Å². The van der Waals surface area contributed by atoms with E-state index in [-0.39, 0.29) is 75.5 Å². The highest BCUT2D eigenvalue weighted by atomic mass is 32.2. The molecule has 0 saturated carbocycles. The maximum Gasteiger partial charge on any atom is 0.267 e. The van der Waals surface area contributed by atoms with Crippen molar-refractivity contribution in [1.29, 1.82) is 0 Å². The summed E-state index contributed by atoms with van der Waals surface area (Å²) in [7, 11) is -6.64. The topological polar surface area (TPSA) is 195 Å². The van der Waals surface area contributed by atoms with E-state index in [2.05, 4.69) is 15.0 Å². The molecule has 1 aliphatic rings. The van der Waals surface area contributed by atoms with Crippen molar-refractivity contribution < 1.29 is 45.3 Å². The number of nitrogens with zero attached hydrogens (tertiary/aromatic N) is 4. The van der Waals surface area contributed by atoms with Crippen LogP contribution in [0.3, 0.4) is 0 Å². The highest BCUT2D eigenvalue weighted by Crippen LogP contribution is 2.31. The number of sulfonamides is 2. The Morgan fingerprint density at radius 2 is 1.65 bits per heavy atom. The number of aliphatic hydroxyl groups is 1. The summed E-state index contributed by atoms with van der Waals surface area (Å²) < 4.78 is 80.2. The molecule has 1 aliphatic heterocycles. The number of rotatable bonds is 9. The molecule has 0 fully saturated rings. The third-order valence-electron chi connectivity index (χ3n) is 8.61. The van der Waals surface area contributed by atoms with Crippen LogP contribution in [0.15, 0.2) is 37.0 Å². The summed E-state index contributed by atoms with van der Waals surface area (Å²) in [4.78, 5) is 15.8. The molecule has 4 rings (SSSR count). The van der Waals surface area contributed by atoms with Gasteiger partial charge in [-0.25, -0.2) is 16.8 Å². The molecule has 0 aliphatic carbocycles. The summed E-state index contributed by atoms with van der Waals surface area (Å²) in [6, 6.07) is 3.80. The first kappa shape index (κ1) is 38.3. The molecule has 0 saturated heterocycles.